The van der Waals surface area contributed by atoms with Crippen molar-refractivity contribution in [3.8, 4) is 0 Å². The number of aromatic nitrogens is 1. The molecule has 2 heterocycles. The summed E-state index contributed by atoms with van der Waals surface area (Å²) >= 11 is 0. The number of nitrogens with one attached hydrogen (secondary N) is 1. The molecule has 1 aliphatic carbocycles. The van der Waals surface area contributed by atoms with Crippen LogP contribution in [0.25, 0.3) is 0 Å². The van der Waals surface area contributed by atoms with Crippen LogP contribution in [-0.4, -0.2) is 16.0 Å². The predicted molar refractivity (Wildman–Crippen MR) is 74.3 cm³/mol. The van der Waals surface area contributed by atoms with Crippen molar-refractivity contribution in [1.82, 2.24) is 4.98 Å². The quantitative estimate of drug-likeness (QED) is 0.829. The van der Waals surface area contributed by atoms with E-state index in [-0.39, 0.29) is 11.8 Å². The molecule has 20 heavy (non-hydrogen) atoms. The third-order valence-corrected chi connectivity index (χ3v) is 4.39. The lowest BCUT2D eigenvalue weighted by atomic mass is 9.80. The van der Waals surface area contributed by atoms with E-state index in [1.54, 1.807) is 6.20 Å². The molecule has 0 bridgehead atoms. The number of hydrogen-bond acceptors (Lipinski definition) is 3. The summed E-state index contributed by atoms with van der Waals surface area (Å²) in [5, 5.41) is 13.9. The fourth-order valence-corrected chi connectivity index (χ4v) is 3.43. The van der Waals surface area contributed by atoms with Gasteiger partial charge in [0.05, 0.1) is 5.69 Å². The lowest BCUT2D eigenvalue weighted by Crippen LogP contribution is -2.39. The second kappa shape index (κ2) is 3.90. The van der Waals surface area contributed by atoms with E-state index in [0.717, 1.165) is 24.1 Å². The van der Waals surface area contributed by atoms with Crippen LogP contribution in [0.2, 0.25) is 0 Å². The largest absolute Gasteiger partial charge is 0.375 e. The first kappa shape index (κ1) is 11.6. The third kappa shape index (κ3) is 1.34. The maximum Gasteiger partial charge on any atom is 0.261 e. The zero-order valence-corrected chi connectivity index (χ0v) is 10.8. The monoisotopic (exact) mass is 266 g/mol. The molecule has 4 rings (SSSR count). The maximum atomic E-state index is 12.4. The molecule has 100 valence electrons. The Morgan fingerprint density at radius 3 is 3.00 bits per heavy atom. The summed E-state index contributed by atoms with van der Waals surface area (Å²) in [6, 6.07) is 11.2. The summed E-state index contributed by atoms with van der Waals surface area (Å²) < 4.78 is 0. The number of pyridine rings is 1. The van der Waals surface area contributed by atoms with Crippen LogP contribution >= 0.6 is 0 Å². The van der Waals surface area contributed by atoms with E-state index in [1.165, 1.54) is 0 Å². The Balaban J connectivity index is 1.89. The minimum absolute atomic E-state index is 0.276. The van der Waals surface area contributed by atoms with E-state index < -0.39 is 5.60 Å². The Bertz CT molecular complexity index is 713. The van der Waals surface area contributed by atoms with E-state index in [1.807, 2.05) is 36.4 Å². The van der Waals surface area contributed by atoms with Gasteiger partial charge in [-0.3, -0.25) is 9.78 Å². The summed E-state index contributed by atoms with van der Waals surface area (Å²) in [7, 11) is 0. The van der Waals surface area contributed by atoms with Gasteiger partial charge in [-0.2, -0.15) is 0 Å². The molecule has 2 N–H and O–H groups in total. The van der Waals surface area contributed by atoms with E-state index in [2.05, 4.69) is 10.3 Å². The van der Waals surface area contributed by atoms with Crippen LogP contribution in [0.1, 0.15) is 29.2 Å². The molecule has 2 aromatic rings. The van der Waals surface area contributed by atoms with Crippen molar-refractivity contribution in [2.24, 2.45) is 0 Å². The number of benzene rings is 1. The van der Waals surface area contributed by atoms with Gasteiger partial charge in [-0.05, 0) is 30.5 Å². The molecule has 1 aliphatic heterocycles. The SMILES string of the molecule is O=C1Nc2ccccc2C1(O)C1CCc2cccnc21. The van der Waals surface area contributed by atoms with Gasteiger partial charge in [-0.25, -0.2) is 0 Å². The van der Waals surface area contributed by atoms with E-state index >= 15 is 0 Å². The van der Waals surface area contributed by atoms with Crippen molar-refractivity contribution in [3.63, 3.8) is 0 Å². The van der Waals surface area contributed by atoms with Gasteiger partial charge in [0.15, 0.2) is 5.60 Å². The number of amides is 1. The molecule has 2 atom stereocenters. The first-order valence-corrected chi connectivity index (χ1v) is 6.78. The molecule has 4 nitrogen and oxygen atoms in total. The number of anilines is 1. The second-order valence-corrected chi connectivity index (χ2v) is 5.41. The molecule has 0 spiro atoms. The van der Waals surface area contributed by atoms with Crippen LogP contribution in [0.4, 0.5) is 5.69 Å². The first-order valence-electron chi connectivity index (χ1n) is 6.78. The molecule has 4 heteroatoms. The Labute approximate surface area is 116 Å². The predicted octanol–water partition coefficient (Wildman–Crippen LogP) is 1.95. The normalized spacial score (nSPS) is 27.1. The van der Waals surface area contributed by atoms with Crippen molar-refractivity contribution in [2.45, 2.75) is 24.4 Å². The van der Waals surface area contributed by atoms with Gasteiger partial charge in [-0.1, -0.05) is 24.3 Å². The molecular formula is C16H14N2O2. The number of para-hydroxylation sites is 1. The lowest BCUT2D eigenvalue weighted by Gasteiger charge is -2.28. The summed E-state index contributed by atoms with van der Waals surface area (Å²) in [4.78, 5) is 16.8. The zero-order chi connectivity index (χ0) is 13.7. The van der Waals surface area contributed by atoms with Crippen molar-refractivity contribution in [2.75, 3.05) is 5.32 Å². The van der Waals surface area contributed by atoms with Crippen LogP contribution in [-0.2, 0) is 16.8 Å². The van der Waals surface area contributed by atoms with E-state index in [9.17, 15) is 9.90 Å². The van der Waals surface area contributed by atoms with Gasteiger partial charge < -0.3 is 10.4 Å². The topological polar surface area (TPSA) is 62.2 Å². The van der Waals surface area contributed by atoms with Gasteiger partial charge in [0.2, 0.25) is 0 Å². The fraction of sp³-hybridized carbons (Fsp3) is 0.250. The minimum Gasteiger partial charge on any atom is -0.375 e. The van der Waals surface area contributed by atoms with Crippen molar-refractivity contribution < 1.29 is 9.90 Å². The van der Waals surface area contributed by atoms with Crippen molar-refractivity contribution in [3.05, 3.63) is 59.4 Å². The average Bonchev–Trinajstić information content (AvgIpc) is 3.01. The van der Waals surface area contributed by atoms with Crippen LogP contribution in [0.5, 0.6) is 0 Å². The Kier molecular flexibility index (Phi) is 2.26. The molecule has 0 saturated heterocycles. The Hall–Kier alpha value is -2.20. The molecule has 2 unspecified atom stereocenters. The molecule has 0 saturated carbocycles. The number of carbonyl (C=O) groups excluding carboxylic acids is 1. The highest BCUT2D eigenvalue weighted by atomic mass is 16.3. The minimum atomic E-state index is -1.50. The number of rotatable bonds is 1. The highest BCUT2D eigenvalue weighted by Crippen LogP contribution is 2.49. The number of fused-ring (bicyclic) bond motifs is 2. The molecule has 0 fully saturated rings. The number of aliphatic hydroxyl groups is 1. The molecule has 1 aromatic carbocycles. The summed E-state index contributed by atoms with van der Waals surface area (Å²) in [6.45, 7) is 0. The van der Waals surface area contributed by atoms with Crippen molar-refractivity contribution in [1.29, 1.82) is 0 Å². The second-order valence-electron chi connectivity index (χ2n) is 5.41. The summed E-state index contributed by atoms with van der Waals surface area (Å²) in [5.41, 5.74) is 1.83. The van der Waals surface area contributed by atoms with Gasteiger partial charge in [0, 0.05) is 23.4 Å². The number of carbonyl (C=O) groups is 1. The van der Waals surface area contributed by atoms with E-state index in [0.29, 0.717) is 11.3 Å². The van der Waals surface area contributed by atoms with Gasteiger partial charge >= 0.3 is 0 Å². The molecule has 2 aliphatic rings. The molecule has 1 aromatic heterocycles. The van der Waals surface area contributed by atoms with E-state index in [4.69, 9.17) is 0 Å². The van der Waals surface area contributed by atoms with Gasteiger partial charge in [0.25, 0.3) is 5.91 Å². The lowest BCUT2D eigenvalue weighted by molar-refractivity contribution is -0.136. The first-order chi connectivity index (χ1) is 9.71. The molecule has 0 radical (unpaired) electrons. The number of aryl methyl sites for hydroxylation is 1. The van der Waals surface area contributed by atoms with Crippen molar-refractivity contribution >= 4 is 11.6 Å². The van der Waals surface area contributed by atoms with Crippen LogP contribution < -0.4 is 5.32 Å². The highest BCUT2D eigenvalue weighted by molar-refractivity contribution is 6.05. The zero-order valence-electron chi connectivity index (χ0n) is 10.8. The van der Waals surface area contributed by atoms with Gasteiger partial charge in [0.1, 0.15) is 0 Å². The fourth-order valence-electron chi connectivity index (χ4n) is 3.43. The van der Waals surface area contributed by atoms with Gasteiger partial charge in [-0.15, -0.1) is 0 Å². The van der Waals surface area contributed by atoms with Crippen LogP contribution in [0, 0.1) is 0 Å². The Morgan fingerprint density at radius 2 is 2.10 bits per heavy atom. The maximum absolute atomic E-state index is 12.4. The molecular weight excluding hydrogens is 252 g/mol. The highest BCUT2D eigenvalue weighted by Gasteiger charge is 2.53. The summed E-state index contributed by atoms with van der Waals surface area (Å²) in [5.74, 6) is -0.621. The van der Waals surface area contributed by atoms with Crippen LogP contribution in [0.15, 0.2) is 42.6 Å². The standard InChI is InChI=1S/C16H14N2O2/c19-15-16(20,11-5-1-2-6-13(11)18-15)12-8-7-10-4-3-9-17-14(10)12/h1-6,9,12,20H,7-8H2,(H,18,19). The Morgan fingerprint density at radius 1 is 1.25 bits per heavy atom. The van der Waals surface area contributed by atoms with Crippen LogP contribution in [0.3, 0.4) is 0 Å². The average molecular weight is 266 g/mol. The smallest absolute Gasteiger partial charge is 0.261 e. The number of hydrogen-bond donors (Lipinski definition) is 2. The third-order valence-electron chi connectivity index (χ3n) is 4.39. The molecule has 1 amide bonds. The summed E-state index contributed by atoms with van der Waals surface area (Å²) in [6.07, 6.45) is 3.31. The number of nitrogens with zero attached hydrogens (tertiary/aromatic N) is 1.